The highest BCUT2D eigenvalue weighted by atomic mass is 16.5. The Morgan fingerprint density at radius 1 is 1.09 bits per heavy atom. The van der Waals surface area contributed by atoms with E-state index in [9.17, 15) is 24.0 Å². The highest BCUT2D eigenvalue weighted by Crippen LogP contribution is 2.57. The standard InChI is InChI=1S/C50H59N9O7/c1-10-38(60)54-49-52-26-37(56(49)7)47(63)57(8)42(28(3)4)45(61)53-35-24-29-15-12-16-30(23-29)31-19-20-36-33(25-31)39-40(44(65-9)41-32(17-13-21-51-41)43(39)58(36)11-2)50(5,6)27-66-48(64)34-18-14-22-59(55-34)46(35)62/h10,12-13,15-17,19-21,23,25-26,28,34-35,40,42,44,55H,1,11,14,18,22,24,27H2,2-9H3,(H,53,61)(H,52,54,60)/t34-,35-,40?,42-,44-/m0/s1. The molecule has 346 valence electrons. The lowest BCUT2D eigenvalue weighted by molar-refractivity contribution is -0.156. The third kappa shape index (κ3) is 8.27. The molecule has 1 aliphatic carbocycles. The number of likely N-dealkylation sites (N-methyl/N-ethyl adjacent to an activating group) is 1. The molecule has 16 nitrogen and oxygen atoms in total. The predicted octanol–water partition coefficient (Wildman–Crippen LogP) is 5.94. The fourth-order valence-corrected chi connectivity index (χ4v) is 10.1. The van der Waals surface area contributed by atoms with E-state index in [-0.39, 0.29) is 36.5 Å². The molecule has 6 bridgehead atoms. The van der Waals surface area contributed by atoms with Gasteiger partial charge in [0.2, 0.25) is 17.8 Å². The van der Waals surface area contributed by atoms with Gasteiger partial charge in [0, 0.05) is 74.7 Å². The second kappa shape index (κ2) is 18.3. The lowest BCUT2D eigenvalue weighted by atomic mass is 9.67. The zero-order chi connectivity index (χ0) is 47.2. The van der Waals surface area contributed by atoms with E-state index in [0.717, 1.165) is 56.2 Å². The van der Waals surface area contributed by atoms with Gasteiger partial charge >= 0.3 is 5.97 Å². The van der Waals surface area contributed by atoms with Gasteiger partial charge in [-0.25, -0.2) is 10.4 Å². The van der Waals surface area contributed by atoms with E-state index in [2.05, 4.69) is 77.2 Å². The maximum Gasteiger partial charge on any atom is 0.324 e. The van der Waals surface area contributed by atoms with Crippen molar-refractivity contribution in [2.45, 2.75) is 90.6 Å². The smallest absolute Gasteiger partial charge is 0.324 e. The van der Waals surface area contributed by atoms with Crippen LogP contribution < -0.4 is 16.1 Å². The van der Waals surface area contributed by atoms with Crippen molar-refractivity contribution >= 4 is 46.4 Å². The Morgan fingerprint density at radius 3 is 2.59 bits per heavy atom. The van der Waals surface area contributed by atoms with Gasteiger partial charge in [0.15, 0.2) is 0 Å². The minimum absolute atomic E-state index is 0.0652. The van der Waals surface area contributed by atoms with Gasteiger partial charge in [-0.15, -0.1) is 0 Å². The number of anilines is 1. The number of benzene rings is 2. The summed E-state index contributed by atoms with van der Waals surface area (Å²) in [4.78, 5) is 79.8. The molecule has 4 amide bonds. The van der Waals surface area contributed by atoms with E-state index in [1.54, 1.807) is 20.4 Å². The molecule has 8 rings (SSSR count). The van der Waals surface area contributed by atoms with Gasteiger partial charge < -0.3 is 28.8 Å². The number of hydrogen-bond donors (Lipinski definition) is 3. The Morgan fingerprint density at radius 2 is 1.86 bits per heavy atom. The van der Waals surface area contributed by atoms with Crippen LogP contribution in [0.4, 0.5) is 5.95 Å². The first-order valence-corrected chi connectivity index (χ1v) is 22.6. The molecule has 0 saturated carbocycles. The number of imidazole rings is 1. The first-order valence-electron chi connectivity index (χ1n) is 22.6. The Kier molecular flexibility index (Phi) is 12.7. The van der Waals surface area contributed by atoms with Crippen molar-refractivity contribution in [1.29, 1.82) is 0 Å². The fourth-order valence-electron chi connectivity index (χ4n) is 10.1. The highest BCUT2D eigenvalue weighted by molar-refractivity contribution is 6.00. The van der Waals surface area contributed by atoms with Crippen LogP contribution >= 0.6 is 0 Å². The number of aryl methyl sites for hydroxylation is 1. The van der Waals surface area contributed by atoms with Crippen LogP contribution in [-0.2, 0) is 48.7 Å². The van der Waals surface area contributed by atoms with Crippen molar-refractivity contribution in [3.8, 4) is 22.4 Å². The summed E-state index contributed by atoms with van der Waals surface area (Å²) in [5.74, 6) is -2.97. The third-order valence-corrected chi connectivity index (χ3v) is 13.4. The van der Waals surface area contributed by atoms with E-state index in [0.29, 0.717) is 25.9 Å². The van der Waals surface area contributed by atoms with Crippen LogP contribution in [0.1, 0.15) is 86.8 Å². The Bertz CT molecular complexity index is 2740. The molecule has 66 heavy (non-hydrogen) atoms. The lowest BCUT2D eigenvalue weighted by Gasteiger charge is -2.42. The zero-order valence-electron chi connectivity index (χ0n) is 38.9. The maximum atomic E-state index is 14.8. The largest absolute Gasteiger partial charge is 0.464 e. The fraction of sp³-hybridized carbons (Fsp3) is 0.420. The summed E-state index contributed by atoms with van der Waals surface area (Å²) in [6.07, 6.45) is 4.86. The van der Waals surface area contributed by atoms with Crippen molar-refractivity contribution in [2.24, 2.45) is 18.4 Å². The molecule has 16 heteroatoms. The number of cyclic esters (lactones) is 1. The second-order valence-corrected chi connectivity index (χ2v) is 18.5. The molecule has 3 N–H and O–H groups in total. The number of nitrogens with zero attached hydrogens (tertiary/aromatic N) is 6. The van der Waals surface area contributed by atoms with Crippen LogP contribution in [0.15, 0.2) is 79.6 Å². The summed E-state index contributed by atoms with van der Waals surface area (Å²) in [5, 5.41) is 8.07. The molecular weight excluding hydrogens is 839 g/mol. The zero-order valence-corrected chi connectivity index (χ0v) is 38.9. The molecule has 5 atom stereocenters. The average Bonchev–Trinajstić information content (AvgIpc) is 3.84. The van der Waals surface area contributed by atoms with Gasteiger partial charge in [0.25, 0.3) is 11.8 Å². The van der Waals surface area contributed by atoms with Crippen molar-refractivity contribution in [3.63, 3.8) is 0 Å². The number of ether oxygens (including phenoxy) is 2. The third-order valence-electron chi connectivity index (χ3n) is 13.4. The molecule has 2 aromatic carbocycles. The second-order valence-electron chi connectivity index (χ2n) is 18.5. The number of pyridine rings is 1. The van der Waals surface area contributed by atoms with Gasteiger partial charge in [-0.1, -0.05) is 64.6 Å². The first kappa shape index (κ1) is 45.9. The minimum Gasteiger partial charge on any atom is -0.464 e. The normalized spacial score (nSPS) is 20.8. The number of carbonyl (C=O) groups excluding carboxylic acids is 5. The molecule has 5 aromatic rings. The van der Waals surface area contributed by atoms with Crippen molar-refractivity contribution in [2.75, 3.05) is 32.6 Å². The van der Waals surface area contributed by atoms with E-state index >= 15 is 0 Å². The number of nitrogens with one attached hydrogen (secondary N) is 3. The van der Waals surface area contributed by atoms with Crippen molar-refractivity contribution < 1.29 is 33.4 Å². The Hall–Kier alpha value is -6.65. The number of hydrazine groups is 1. The summed E-state index contributed by atoms with van der Waals surface area (Å²) in [7, 11) is 4.81. The molecule has 3 aromatic heterocycles. The van der Waals surface area contributed by atoms with Crippen molar-refractivity contribution in [1.82, 2.24) is 39.8 Å². The van der Waals surface area contributed by atoms with E-state index < -0.39 is 59.2 Å². The number of rotatable bonds is 9. The van der Waals surface area contributed by atoms with Crippen LogP contribution in [-0.4, -0.2) is 104 Å². The summed E-state index contributed by atoms with van der Waals surface area (Å²) in [6, 6.07) is 15.6. The quantitative estimate of drug-likeness (QED) is 0.118. The van der Waals surface area contributed by atoms with Gasteiger partial charge in [-0.3, -0.25) is 39.3 Å². The van der Waals surface area contributed by atoms with Crippen molar-refractivity contribution in [3.05, 3.63) is 102 Å². The molecule has 5 heterocycles. The Balaban J connectivity index is 1.20. The van der Waals surface area contributed by atoms with Gasteiger partial charge in [-0.05, 0) is 78.3 Å². The SMILES string of the molecule is C=CC(=O)Nc1ncc(C(=O)N(C)[C@H](C(=O)N[C@H]2Cc3cccc(c3)-c3ccc4c(c3)c3c(n4CC)-c4cccnc4[C@@H](OC)C3C(C)(C)COC(=O)[C@@H]3CCCN(N3)C2=O)C(C)C)n1C. The molecule has 0 radical (unpaired) electrons. The average molecular weight is 898 g/mol. The summed E-state index contributed by atoms with van der Waals surface area (Å²) in [6.45, 7) is 14.5. The van der Waals surface area contributed by atoms with Crippen LogP contribution in [0.3, 0.4) is 0 Å². The Labute approximate surface area is 384 Å². The van der Waals surface area contributed by atoms with Gasteiger partial charge in [0.05, 0.1) is 24.2 Å². The first-order chi connectivity index (χ1) is 31.6. The minimum atomic E-state index is -1.09. The molecule has 1 fully saturated rings. The van der Waals surface area contributed by atoms with E-state index in [4.69, 9.17) is 14.5 Å². The van der Waals surface area contributed by atoms with E-state index in [1.807, 2.05) is 44.2 Å². The lowest BCUT2D eigenvalue weighted by Crippen LogP contribution is -2.62. The summed E-state index contributed by atoms with van der Waals surface area (Å²) in [5.41, 5.74) is 10.4. The molecular formula is C50H59N9O7. The number of hydrogen-bond acceptors (Lipinski definition) is 10. The molecule has 1 unspecified atom stereocenters. The van der Waals surface area contributed by atoms with Crippen LogP contribution in [0.5, 0.6) is 0 Å². The summed E-state index contributed by atoms with van der Waals surface area (Å²) < 4.78 is 16.4. The number of carbonyl (C=O) groups is 5. The monoisotopic (exact) mass is 897 g/mol. The van der Waals surface area contributed by atoms with Gasteiger partial charge in [0.1, 0.15) is 29.9 Å². The number of amides is 4. The number of esters is 1. The van der Waals surface area contributed by atoms with Crippen LogP contribution in [0, 0.1) is 11.3 Å². The molecule has 0 spiro atoms. The molecule has 3 aliphatic rings. The highest BCUT2D eigenvalue weighted by Gasteiger charge is 2.48. The number of fused-ring (bicyclic) bond motifs is 8. The predicted molar refractivity (Wildman–Crippen MR) is 250 cm³/mol. The van der Waals surface area contributed by atoms with Crippen LogP contribution in [0.25, 0.3) is 33.3 Å². The van der Waals surface area contributed by atoms with Crippen LogP contribution in [0.2, 0.25) is 0 Å². The summed E-state index contributed by atoms with van der Waals surface area (Å²) >= 11 is 0. The van der Waals surface area contributed by atoms with E-state index in [1.165, 1.54) is 27.7 Å². The number of aromatic nitrogens is 4. The topological polar surface area (TPSA) is 182 Å². The maximum absolute atomic E-state index is 14.8. The van der Waals surface area contributed by atoms with Gasteiger partial charge in [-0.2, -0.15) is 0 Å². The number of methoxy groups -OCH3 is 1. The molecule has 1 saturated heterocycles. The molecule has 2 aliphatic heterocycles.